The van der Waals surface area contributed by atoms with E-state index >= 15 is 0 Å². The largest absolute Gasteiger partial charge is 0.409 e. The molecule has 1 heterocycles. The summed E-state index contributed by atoms with van der Waals surface area (Å²) in [6.45, 7) is 1.74. The summed E-state index contributed by atoms with van der Waals surface area (Å²) in [6.07, 6.45) is 5.32. The maximum atomic E-state index is 12.2. The van der Waals surface area contributed by atoms with Gasteiger partial charge in [0, 0.05) is 6.07 Å². The lowest BCUT2D eigenvalue weighted by molar-refractivity contribution is 0.0877. The number of oxime groups is 1. The molecule has 0 aliphatic heterocycles. The van der Waals surface area contributed by atoms with Gasteiger partial charge in [-0.05, 0) is 19.8 Å². The van der Waals surface area contributed by atoms with Crippen LogP contribution in [0, 0.1) is 6.92 Å². The summed E-state index contributed by atoms with van der Waals surface area (Å²) in [6, 6.07) is 1.56. The van der Waals surface area contributed by atoms with Gasteiger partial charge in [-0.1, -0.05) is 36.0 Å². The van der Waals surface area contributed by atoms with Crippen molar-refractivity contribution in [2.75, 3.05) is 0 Å². The molecule has 1 aromatic heterocycles. The highest BCUT2D eigenvalue weighted by atomic mass is 16.5. The predicted octanol–water partition coefficient (Wildman–Crippen LogP) is 1.55. The molecule has 2 rings (SSSR count). The maximum absolute atomic E-state index is 12.2. The average Bonchev–Trinajstić information content (AvgIpc) is 2.74. The fraction of sp³-hybridized carbons (Fsp3) is 0.615. The first kappa shape index (κ1) is 14.4. The van der Waals surface area contributed by atoms with Crippen LogP contribution in [0.1, 0.15) is 54.8 Å². The summed E-state index contributed by atoms with van der Waals surface area (Å²) in [4.78, 5) is 12.2. The number of rotatable bonds is 3. The molecule has 110 valence electrons. The summed E-state index contributed by atoms with van der Waals surface area (Å²) in [5, 5.41) is 18.7. The number of nitrogens with zero attached hydrogens (tertiary/aromatic N) is 2. The number of nitrogens with one attached hydrogen (secondary N) is 1. The van der Waals surface area contributed by atoms with Gasteiger partial charge in [-0.25, -0.2) is 0 Å². The Morgan fingerprint density at radius 2 is 2.10 bits per heavy atom. The van der Waals surface area contributed by atoms with Gasteiger partial charge in [-0.3, -0.25) is 4.79 Å². The van der Waals surface area contributed by atoms with Crippen molar-refractivity contribution in [3.8, 4) is 0 Å². The van der Waals surface area contributed by atoms with Crippen molar-refractivity contribution in [2.45, 2.75) is 51.0 Å². The molecule has 1 aliphatic rings. The van der Waals surface area contributed by atoms with E-state index in [1.807, 2.05) is 0 Å². The van der Waals surface area contributed by atoms with Crippen LogP contribution < -0.4 is 11.1 Å². The normalized spacial score (nSPS) is 19.4. The summed E-state index contributed by atoms with van der Waals surface area (Å²) < 4.78 is 4.95. The Morgan fingerprint density at radius 3 is 2.60 bits per heavy atom. The van der Waals surface area contributed by atoms with E-state index in [0.29, 0.717) is 18.5 Å². The fourth-order valence-corrected chi connectivity index (χ4v) is 2.62. The molecule has 20 heavy (non-hydrogen) atoms. The van der Waals surface area contributed by atoms with Crippen LogP contribution in [-0.2, 0) is 0 Å². The Kier molecular flexibility index (Phi) is 4.26. The maximum Gasteiger partial charge on any atom is 0.290 e. The standard InChI is InChI=1S/C13H20N4O3/c1-9-8-10(20-17-9)11(18)15-13(12(14)16-19)6-4-2-3-5-7-13/h8,19H,2-7H2,1H3,(H2,14,16)(H,15,18). The van der Waals surface area contributed by atoms with Crippen LogP contribution in [0.5, 0.6) is 0 Å². The van der Waals surface area contributed by atoms with Gasteiger partial charge < -0.3 is 20.8 Å². The van der Waals surface area contributed by atoms with Gasteiger partial charge in [0.1, 0.15) is 5.54 Å². The second-order valence-corrected chi connectivity index (χ2v) is 5.27. The molecule has 1 aromatic rings. The second-order valence-electron chi connectivity index (χ2n) is 5.27. The highest BCUT2D eigenvalue weighted by Gasteiger charge is 2.38. The van der Waals surface area contributed by atoms with E-state index in [1.54, 1.807) is 13.0 Å². The number of carbonyl (C=O) groups excluding carboxylic acids is 1. The monoisotopic (exact) mass is 280 g/mol. The Morgan fingerprint density at radius 1 is 1.45 bits per heavy atom. The lowest BCUT2D eigenvalue weighted by atomic mass is 9.88. The van der Waals surface area contributed by atoms with Crippen LogP contribution in [-0.4, -0.2) is 27.6 Å². The van der Waals surface area contributed by atoms with Gasteiger partial charge in [0.05, 0.1) is 5.69 Å². The minimum atomic E-state index is -0.803. The molecular formula is C13H20N4O3. The van der Waals surface area contributed by atoms with E-state index in [4.69, 9.17) is 15.5 Å². The topological polar surface area (TPSA) is 114 Å². The molecule has 1 fully saturated rings. The molecule has 0 saturated heterocycles. The fourth-order valence-electron chi connectivity index (χ4n) is 2.62. The first-order chi connectivity index (χ1) is 9.57. The van der Waals surface area contributed by atoms with Crippen molar-refractivity contribution in [2.24, 2.45) is 10.9 Å². The summed E-state index contributed by atoms with van der Waals surface area (Å²) >= 11 is 0. The number of hydrogen-bond donors (Lipinski definition) is 3. The number of amides is 1. The van der Waals surface area contributed by atoms with Crippen LogP contribution in [0.2, 0.25) is 0 Å². The number of nitrogens with two attached hydrogens (primary N) is 1. The van der Waals surface area contributed by atoms with Crippen molar-refractivity contribution >= 4 is 11.7 Å². The average molecular weight is 280 g/mol. The summed E-state index contributed by atoms with van der Waals surface area (Å²) in [7, 11) is 0. The van der Waals surface area contributed by atoms with E-state index < -0.39 is 5.54 Å². The molecule has 0 spiro atoms. The van der Waals surface area contributed by atoms with Crippen molar-refractivity contribution in [3.63, 3.8) is 0 Å². The van der Waals surface area contributed by atoms with Crippen molar-refractivity contribution in [1.29, 1.82) is 0 Å². The van der Waals surface area contributed by atoms with Gasteiger partial charge in [-0.15, -0.1) is 0 Å². The quantitative estimate of drug-likeness (QED) is 0.255. The van der Waals surface area contributed by atoms with E-state index in [2.05, 4.69) is 15.6 Å². The van der Waals surface area contributed by atoms with Crippen LogP contribution in [0.25, 0.3) is 0 Å². The third kappa shape index (κ3) is 2.92. The van der Waals surface area contributed by atoms with E-state index in [9.17, 15) is 4.79 Å². The third-order valence-electron chi connectivity index (χ3n) is 3.76. The molecule has 4 N–H and O–H groups in total. The lowest BCUT2D eigenvalue weighted by Gasteiger charge is -2.32. The molecule has 0 bridgehead atoms. The van der Waals surface area contributed by atoms with Crippen molar-refractivity contribution in [1.82, 2.24) is 10.5 Å². The SMILES string of the molecule is Cc1cc(C(=O)NC2(C(N)=NO)CCCCCC2)on1. The Labute approximate surface area is 117 Å². The Hall–Kier alpha value is -2.05. The van der Waals surface area contributed by atoms with Crippen molar-refractivity contribution in [3.05, 3.63) is 17.5 Å². The van der Waals surface area contributed by atoms with Crippen LogP contribution >= 0.6 is 0 Å². The number of carbonyl (C=O) groups is 1. The third-order valence-corrected chi connectivity index (χ3v) is 3.76. The Balaban J connectivity index is 2.21. The number of hydrogen-bond acceptors (Lipinski definition) is 5. The first-order valence-electron chi connectivity index (χ1n) is 6.81. The second kappa shape index (κ2) is 5.94. The van der Waals surface area contributed by atoms with E-state index in [0.717, 1.165) is 25.7 Å². The van der Waals surface area contributed by atoms with E-state index in [-0.39, 0.29) is 17.5 Å². The molecule has 1 aliphatic carbocycles. The summed E-state index contributed by atoms with van der Waals surface area (Å²) in [5.74, 6) is -0.208. The lowest BCUT2D eigenvalue weighted by Crippen LogP contribution is -2.57. The molecular weight excluding hydrogens is 260 g/mol. The minimum Gasteiger partial charge on any atom is -0.409 e. The molecule has 1 amide bonds. The summed E-state index contributed by atoms with van der Waals surface area (Å²) in [5.41, 5.74) is 5.65. The zero-order chi connectivity index (χ0) is 14.6. The zero-order valence-corrected chi connectivity index (χ0v) is 11.6. The van der Waals surface area contributed by atoms with Gasteiger partial charge in [-0.2, -0.15) is 0 Å². The van der Waals surface area contributed by atoms with Gasteiger partial charge >= 0.3 is 0 Å². The Bertz CT molecular complexity index is 501. The molecule has 0 unspecified atom stereocenters. The first-order valence-corrected chi connectivity index (χ1v) is 6.81. The molecule has 1 saturated carbocycles. The van der Waals surface area contributed by atoms with Crippen LogP contribution in [0.4, 0.5) is 0 Å². The van der Waals surface area contributed by atoms with Gasteiger partial charge in [0.25, 0.3) is 5.91 Å². The van der Waals surface area contributed by atoms with Gasteiger partial charge in [0.2, 0.25) is 5.76 Å². The molecule has 0 atom stereocenters. The number of aryl methyl sites for hydroxylation is 1. The molecule has 7 heteroatoms. The number of aromatic nitrogens is 1. The highest BCUT2D eigenvalue weighted by molar-refractivity contribution is 5.98. The van der Waals surface area contributed by atoms with Crippen molar-refractivity contribution < 1.29 is 14.5 Å². The van der Waals surface area contributed by atoms with Gasteiger partial charge in [0.15, 0.2) is 5.84 Å². The minimum absolute atomic E-state index is 0.0454. The number of amidine groups is 1. The highest BCUT2D eigenvalue weighted by Crippen LogP contribution is 2.28. The smallest absolute Gasteiger partial charge is 0.290 e. The predicted molar refractivity (Wildman–Crippen MR) is 72.5 cm³/mol. The van der Waals surface area contributed by atoms with Crippen LogP contribution in [0.3, 0.4) is 0 Å². The van der Waals surface area contributed by atoms with E-state index in [1.165, 1.54) is 0 Å². The zero-order valence-electron chi connectivity index (χ0n) is 11.6. The van der Waals surface area contributed by atoms with Crippen LogP contribution in [0.15, 0.2) is 15.7 Å². The molecule has 0 aromatic carbocycles. The molecule has 0 radical (unpaired) electrons. The molecule has 7 nitrogen and oxygen atoms in total.